The summed E-state index contributed by atoms with van der Waals surface area (Å²) in [6, 6.07) is 9.51. The fourth-order valence-electron chi connectivity index (χ4n) is 6.03. The molecule has 4 aliphatic rings. The molecule has 4 saturated carbocycles. The summed E-state index contributed by atoms with van der Waals surface area (Å²) in [7, 11) is 0. The van der Waals surface area contributed by atoms with E-state index in [1.54, 1.807) is 0 Å². The summed E-state index contributed by atoms with van der Waals surface area (Å²) in [6.07, 6.45) is 8.40. The molecule has 0 heterocycles. The highest BCUT2D eigenvalue weighted by Crippen LogP contribution is 2.61. The van der Waals surface area contributed by atoms with Crippen molar-refractivity contribution in [1.82, 2.24) is 10.6 Å². The van der Waals surface area contributed by atoms with Crippen LogP contribution >= 0.6 is 0 Å². The number of rotatable bonds is 8. The summed E-state index contributed by atoms with van der Waals surface area (Å²) in [5.41, 5.74) is 0.221. The van der Waals surface area contributed by atoms with Gasteiger partial charge in [-0.2, -0.15) is 0 Å². The van der Waals surface area contributed by atoms with Crippen molar-refractivity contribution < 1.29 is 14.3 Å². The highest BCUT2D eigenvalue weighted by Gasteiger charge is 2.51. The number of nitrogens with one attached hydrogen (secondary N) is 2. The Morgan fingerprint density at radius 3 is 2.19 bits per heavy atom. The van der Waals surface area contributed by atoms with Crippen molar-refractivity contribution in [2.24, 2.45) is 23.2 Å². The van der Waals surface area contributed by atoms with Crippen LogP contribution < -0.4 is 15.4 Å². The van der Waals surface area contributed by atoms with Crippen LogP contribution in [0.1, 0.15) is 44.9 Å². The van der Waals surface area contributed by atoms with Gasteiger partial charge in [0, 0.05) is 6.42 Å². The van der Waals surface area contributed by atoms with Gasteiger partial charge in [-0.1, -0.05) is 18.2 Å². The van der Waals surface area contributed by atoms with Gasteiger partial charge in [0.05, 0.1) is 13.1 Å². The van der Waals surface area contributed by atoms with E-state index in [1.165, 1.54) is 38.5 Å². The molecule has 0 aromatic heterocycles. The van der Waals surface area contributed by atoms with E-state index >= 15 is 0 Å². The second kappa shape index (κ2) is 7.91. The van der Waals surface area contributed by atoms with E-state index in [0.717, 1.165) is 23.5 Å². The molecule has 1 aromatic carbocycles. The first kappa shape index (κ1) is 18.3. The number of ether oxygens (including phenoxy) is 1. The predicted octanol–water partition coefficient (Wildman–Crippen LogP) is 2.90. The van der Waals surface area contributed by atoms with Gasteiger partial charge >= 0.3 is 0 Å². The Labute approximate surface area is 161 Å². The van der Waals surface area contributed by atoms with Gasteiger partial charge in [-0.25, -0.2) is 0 Å². The van der Waals surface area contributed by atoms with E-state index in [9.17, 15) is 9.59 Å². The second-order valence-corrected chi connectivity index (χ2v) is 8.88. The lowest BCUT2D eigenvalue weighted by molar-refractivity contribution is -0.131. The maximum absolute atomic E-state index is 12.4. The minimum absolute atomic E-state index is 0.0348. The van der Waals surface area contributed by atoms with Crippen molar-refractivity contribution in [3.05, 3.63) is 30.3 Å². The monoisotopic (exact) mass is 370 g/mol. The highest BCUT2D eigenvalue weighted by atomic mass is 16.5. The zero-order valence-corrected chi connectivity index (χ0v) is 15.9. The Hall–Kier alpha value is -2.04. The molecule has 0 spiro atoms. The zero-order chi connectivity index (χ0) is 18.7. The van der Waals surface area contributed by atoms with Gasteiger partial charge < -0.3 is 15.4 Å². The number of carbonyl (C=O) groups excluding carboxylic acids is 2. The van der Waals surface area contributed by atoms with Crippen LogP contribution in [0.4, 0.5) is 0 Å². The molecule has 5 nitrogen and oxygen atoms in total. The maximum Gasteiger partial charge on any atom is 0.239 e. The summed E-state index contributed by atoms with van der Waals surface area (Å²) in [5, 5.41) is 5.61. The van der Waals surface area contributed by atoms with E-state index in [4.69, 9.17) is 4.74 Å². The first-order valence-electron chi connectivity index (χ1n) is 10.3. The molecule has 2 amide bonds. The summed E-state index contributed by atoms with van der Waals surface area (Å²) in [6.45, 7) is 0.895. The molecule has 146 valence electrons. The van der Waals surface area contributed by atoms with Gasteiger partial charge in [-0.15, -0.1) is 0 Å². The average molecular weight is 370 g/mol. The van der Waals surface area contributed by atoms with Crippen molar-refractivity contribution in [2.45, 2.75) is 44.9 Å². The van der Waals surface area contributed by atoms with Gasteiger partial charge in [-0.3, -0.25) is 9.59 Å². The molecular formula is C22H30N2O3. The summed E-state index contributed by atoms with van der Waals surface area (Å²) in [4.78, 5) is 24.4. The summed E-state index contributed by atoms with van der Waals surface area (Å²) >= 11 is 0. The topological polar surface area (TPSA) is 67.4 Å². The smallest absolute Gasteiger partial charge is 0.239 e. The average Bonchev–Trinajstić information content (AvgIpc) is 2.63. The number of hydrogen-bond donors (Lipinski definition) is 2. The minimum Gasteiger partial charge on any atom is -0.492 e. The molecule has 5 rings (SSSR count). The van der Waals surface area contributed by atoms with Gasteiger partial charge in [-0.05, 0) is 73.8 Å². The number of hydrogen-bond acceptors (Lipinski definition) is 3. The van der Waals surface area contributed by atoms with E-state index in [1.807, 2.05) is 30.3 Å². The highest BCUT2D eigenvalue weighted by molar-refractivity contribution is 5.84. The number of para-hydroxylation sites is 1. The van der Waals surface area contributed by atoms with Crippen molar-refractivity contribution in [3.63, 3.8) is 0 Å². The van der Waals surface area contributed by atoms with Crippen LogP contribution in [0.2, 0.25) is 0 Å². The van der Waals surface area contributed by atoms with Crippen molar-refractivity contribution in [1.29, 1.82) is 0 Å². The van der Waals surface area contributed by atoms with E-state index in [0.29, 0.717) is 19.6 Å². The molecule has 0 aliphatic heterocycles. The summed E-state index contributed by atoms with van der Waals surface area (Å²) < 4.78 is 5.54. The van der Waals surface area contributed by atoms with Crippen LogP contribution in [-0.2, 0) is 9.59 Å². The molecule has 5 heteroatoms. The largest absolute Gasteiger partial charge is 0.492 e. The standard InChI is InChI=1S/C22H30N2O3/c25-20(14-22-11-16-8-17(12-22)10-18(9-16)13-22)24-15-21(26)23-6-7-27-19-4-2-1-3-5-19/h1-5,16-18H,6-15H2,(H,23,26)(H,24,25). The van der Waals surface area contributed by atoms with Crippen molar-refractivity contribution in [2.75, 3.05) is 19.7 Å². The fourth-order valence-corrected chi connectivity index (χ4v) is 6.03. The van der Waals surface area contributed by atoms with E-state index in [2.05, 4.69) is 10.6 Å². The molecule has 0 unspecified atom stereocenters. The first-order valence-corrected chi connectivity index (χ1v) is 10.3. The Balaban J connectivity index is 1.14. The van der Waals surface area contributed by atoms with Crippen molar-refractivity contribution >= 4 is 11.8 Å². The molecule has 0 radical (unpaired) electrons. The Morgan fingerprint density at radius 1 is 0.926 bits per heavy atom. The molecule has 0 atom stereocenters. The Kier molecular flexibility index (Phi) is 5.37. The molecule has 4 aliphatic carbocycles. The van der Waals surface area contributed by atoms with Gasteiger partial charge in [0.2, 0.25) is 11.8 Å². The lowest BCUT2D eigenvalue weighted by atomic mass is 9.49. The third kappa shape index (κ3) is 4.63. The van der Waals surface area contributed by atoms with Crippen LogP contribution in [0.3, 0.4) is 0 Å². The molecular weight excluding hydrogens is 340 g/mol. The lowest BCUT2D eigenvalue weighted by Gasteiger charge is -2.56. The Bertz CT molecular complexity index is 638. The molecule has 2 N–H and O–H groups in total. The first-order chi connectivity index (χ1) is 13.1. The Morgan fingerprint density at radius 2 is 1.56 bits per heavy atom. The minimum atomic E-state index is -0.162. The summed E-state index contributed by atoms with van der Waals surface area (Å²) in [5.74, 6) is 3.19. The SMILES string of the molecule is O=C(CNC(=O)CC12CC3CC(CC(C3)C1)C2)NCCOc1ccccc1. The van der Waals surface area contributed by atoms with Crippen molar-refractivity contribution in [3.8, 4) is 5.75 Å². The van der Waals surface area contributed by atoms with E-state index < -0.39 is 0 Å². The molecule has 4 bridgehead atoms. The van der Waals surface area contributed by atoms with Gasteiger partial charge in [0.1, 0.15) is 12.4 Å². The molecule has 27 heavy (non-hydrogen) atoms. The van der Waals surface area contributed by atoms with Gasteiger partial charge in [0.15, 0.2) is 0 Å². The quantitative estimate of drug-likeness (QED) is 0.692. The molecule has 4 fully saturated rings. The third-order valence-corrected chi connectivity index (χ3v) is 6.58. The number of carbonyl (C=O) groups is 2. The lowest BCUT2D eigenvalue weighted by Crippen LogP contribution is -2.48. The number of benzene rings is 1. The predicted molar refractivity (Wildman–Crippen MR) is 103 cm³/mol. The second-order valence-electron chi connectivity index (χ2n) is 8.88. The molecule has 0 saturated heterocycles. The zero-order valence-electron chi connectivity index (χ0n) is 15.9. The normalized spacial score (nSPS) is 30.7. The maximum atomic E-state index is 12.4. The van der Waals surface area contributed by atoms with E-state index in [-0.39, 0.29) is 23.8 Å². The van der Waals surface area contributed by atoms with Crippen LogP contribution in [0.5, 0.6) is 5.75 Å². The van der Waals surface area contributed by atoms with Gasteiger partial charge in [0.25, 0.3) is 0 Å². The fraction of sp³-hybridized carbons (Fsp3) is 0.636. The molecule has 1 aromatic rings. The third-order valence-electron chi connectivity index (χ3n) is 6.58. The van der Waals surface area contributed by atoms with Crippen LogP contribution in [0.15, 0.2) is 30.3 Å². The van der Waals surface area contributed by atoms with Crippen LogP contribution in [0, 0.1) is 23.2 Å². The van der Waals surface area contributed by atoms with Crippen LogP contribution in [0.25, 0.3) is 0 Å². The van der Waals surface area contributed by atoms with Crippen LogP contribution in [-0.4, -0.2) is 31.5 Å². The number of amides is 2.